The lowest BCUT2D eigenvalue weighted by atomic mass is 10.2. The Morgan fingerprint density at radius 3 is 2.68 bits per heavy atom. The molecule has 0 aliphatic rings. The van der Waals surface area contributed by atoms with Gasteiger partial charge in [-0.15, -0.1) is 10.2 Å². The maximum absolute atomic E-state index is 10.3. The van der Waals surface area contributed by atoms with Crippen molar-refractivity contribution >= 4 is 11.8 Å². The molecule has 0 aliphatic carbocycles. The van der Waals surface area contributed by atoms with Crippen LogP contribution >= 0.6 is 0 Å². The molecule has 0 spiro atoms. The van der Waals surface area contributed by atoms with E-state index < -0.39 is 5.97 Å². The molecule has 19 heavy (non-hydrogen) atoms. The number of pyridine rings is 1. The summed E-state index contributed by atoms with van der Waals surface area (Å²) in [5, 5.41) is 19.6. The summed E-state index contributed by atoms with van der Waals surface area (Å²) in [6.07, 6.45) is 2.40. The van der Waals surface area contributed by atoms with E-state index in [9.17, 15) is 4.79 Å². The van der Waals surface area contributed by atoms with Gasteiger partial charge in [-0.1, -0.05) is 6.07 Å². The highest BCUT2D eigenvalue weighted by molar-refractivity contribution is 5.66. The van der Waals surface area contributed by atoms with E-state index in [1.165, 1.54) is 0 Å². The van der Waals surface area contributed by atoms with E-state index in [2.05, 4.69) is 20.5 Å². The van der Waals surface area contributed by atoms with Gasteiger partial charge in [-0.25, -0.2) is 0 Å². The number of hydrogen-bond donors (Lipinski definition) is 2. The minimum atomic E-state index is -0.793. The third-order valence-electron chi connectivity index (χ3n) is 2.47. The van der Waals surface area contributed by atoms with E-state index >= 15 is 0 Å². The largest absolute Gasteiger partial charge is 0.481 e. The monoisotopic (exact) mass is 258 g/mol. The van der Waals surface area contributed by atoms with Crippen LogP contribution in [-0.2, 0) is 4.79 Å². The van der Waals surface area contributed by atoms with Gasteiger partial charge in [0, 0.05) is 19.2 Å². The van der Waals surface area contributed by atoms with Crippen LogP contribution < -0.4 is 5.32 Å². The number of hydrogen-bond acceptors (Lipinski definition) is 5. The van der Waals surface area contributed by atoms with Crippen molar-refractivity contribution in [1.82, 2.24) is 15.2 Å². The van der Waals surface area contributed by atoms with Crippen LogP contribution in [0.25, 0.3) is 11.4 Å². The number of aromatic nitrogens is 3. The lowest BCUT2D eigenvalue weighted by Gasteiger charge is -2.04. The molecule has 0 saturated carbocycles. The summed E-state index contributed by atoms with van der Waals surface area (Å²) < 4.78 is 0. The van der Waals surface area contributed by atoms with E-state index in [1.807, 2.05) is 24.3 Å². The first kappa shape index (κ1) is 12.9. The Morgan fingerprint density at radius 1 is 1.16 bits per heavy atom. The average molecular weight is 258 g/mol. The topological polar surface area (TPSA) is 88.0 Å². The van der Waals surface area contributed by atoms with Crippen LogP contribution in [0.5, 0.6) is 0 Å². The van der Waals surface area contributed by atoms with Gasteiger partial charge >= 0.3 is 5.97 Å². The van der Waals surface area contributed by atoms with Gasteiger partial charge in [-0.2, -0.15) is 0 Å². The fourth-order valence-corrected chi connectivity index (χ4v) is 1.53. The van der Waals surface area contributed by atoms with Gasteiger partial charge in [-0.05, 0) is 30.7 Å². The van der Waals surface area contributed by atoms with Crippen molar-refractivity contribution in [2.75, 3.05) is 11.9 Å². The van der Waals surface area contributed by atoms with Gasteiger partial charge in [0.25, 0.3) is 0 Å². The Hall–Kier alpha value is -2.50. The number of nitrogens with one attached hydrogen (secondary N) is 1. The van der Waals surface area contributed by atoms with Crippen molar-refractivity contribution in [2.24, 2.45) is 0 Å². The molecule has 0 saturated heterocycles. The van der Waals surface area contributed by atoms with Gasteiger partial charge in [0.1, 0.15) is 11.5 Å². The molecule has 0 radical (unpaired) electrons. The molecule has 0 fully saturated rings. The Bertz CT molecular complexity index is 528. The third kappa shape index (κ3) is 4.02. The summed E-state index contributed by atoms with van der Waals surface area (Å²) in [5.74, 6) is -0.163. The number of anilines is 1. The summed E-state index contributed by atoms with van der Waals surface area (Å²) in [6.45, 7) is 0.559. The predicted molar refractivity (Wildman–Crippen MR) is 70.6 cm³/mol. The molecule has 2 heterocycles. The van der Waals surface area contributed by atoms with E-state index in [-0.39, 0.29) is 6.42 Å². The van der Waals surface area contributed by atoms with E-state index in [0.29, 0.717) is 24.5 Å². The average Bonchev–Trinajstić information content (AvgIpc) is 2.45. The molecule has 6 nitrogen and oxygen atoms in total. The Kier molecular flexibility index (Phi) is 4.39. The van der Waals surface area contributed by atoms with Crippen molar-refractivity contribution in [1.29, 1.82) is 0 Å². The standard InChI is InChI=1S/C13H14N4O2/c18-13(19)5-3-9-15-12-7-6-11(16-17-12)10-4-1-2-8-14-10/h1-2,4,6-8H,3,5,9H2,(H,15,17)(H,18,19). The maximum atomic E-state index is 10.3. The van der Waals surface area contributed by atoms with Gasteiger partial charge in [0.05, 0.1) is 5.69 Å². The SMILES string of the molecule is O=C(O)CCCNc1ccc(-c2ccccn2)nn1. The summed E-state index contributed by atoms with van der Waals surface area (Å²) >= 11 is 0. The van der Waals surface area contributed by atoms with Crippen LogP contribution in [0, 0.1) is 0 Å². The van der Waals surface area contributed by atoms with E-state index in [1.54, 1.807) is 12.3 Å². The maximum Gasteiger partial charge on any atom is 0.303 e. The summed E-state index contributed by atoms with van der Waals surface area (Å²) in [7, 11) is 0. The molecule has 98 valence electrons. The van der Waals surface area contributed by atoms with Crippen molar-refractivity contribution in [2.45, 2.75) is 12.8 Å². The molecule has 0 aliphatic heterocycles. The van der Waals surface area contributed by atoms with Crippen LogP contribution in [-0.4, -0.2) is 32.8 Å². The second-order valence-electron chi connectivity index (χ2n) is 3.94. The number of rotatable bonds is 6. The van der Waals surface area contributed by atoms with Crippen LogP contribution in [0.3, 0.4) is 0 Å². The molecule has 2 aromatic heterocycles. The highest BCUT2D eigenvalue weighted by Gasteiger charge is 2.02. The number of carboxylic acid groups (broad SMARTS) is 1. The number of carboxylic acids is 1. The van der Waals surface area contributed by atoms with Gasteiger partial charge in [-0.3, -0.25) is 9.78 Å². The molecule has 2 rings (SSSR count). The zero-order valence-electron chi connectivity index (χ0n) is 10.3. The third-order valence-corrected chi connectivity index (χ3v) is 2.47. The lowest BCUT2D eigenvalue weighted by Crippen LogP contribution is -2.06. The Balaban J connectivity index is 1.90. The summed E-state index contributed by atoms with van der Waals surface area (Å²) in [6, 6.07) is 9.23. The summed E-state index contributed by atoms with van der Waals surface area (Å²) in [4.78, 5) is 14.5. The molecular formula is C13H14N4O2. The normalized spacial score (nSPS) is 10.1. The molecule has 0 amide bonds. The zero-order chi connectivity index (χ0) is 13.5. The second-order valence-corrected chi connectivity index (χ2v) is 3.94. The molecule has 2 N–H and O–H groups in total. The number of aliphatic carboxylic acids is 1. The minimum absolute atomic E-state index is 0.145. The molecule has 0 unspecified atom stereocenters. The van der Waals surface area contributed by atoms with Crippen molar-refractivity contribution in [3.8, 4) is 11.4 Å². The zero-order valence-corrected chi connectivity index (χ0v) is 10.3. The van der Waals surface area contributed by atoms with E-state index in [0.717, 1.165) is 5.69 Å². The Labute approximate surface area is 110 Å². The number of nitrogens with zero attached hydrogens (tertiary/aromatic N) is 3. The molecule has 0 aromatic carbocycles. The smallest absolute Gasteiger partial charge is 0.303 e. The predicted octanol–water partition coefficient (Wildman–Crippen LogP) is 1.82. The van der Waals surface area contributed by atoms with E-state index in [4.69, 9.17) is 5.11 Å². The minimum Gasteiger partial charge on any atom is -0.481 e. The van der Waals surface area contributed by atoms with Crippen molar-refractivity contribution in [3.63, 3.8) is 0 Å². The van der Waals surface area contributed by atoms with Gasteiger partial charge in [0.15, 0.2) is 0 Å². The van der Waals surface area contributed by atoms with Crippen LogP contribution in [0.2, 0.25) is 0 Å². The van der Waals surface area contributed by atoms with Crippen molar-refractivity contribution in [3.05, 3.63) is 36.5 Å². The first-order valence-corrected chi connectivity index (χ1v) is 5.96. The fraction of sp³-hybridized carbons (Fsp3) is 0.231. The molecule has 0 atom stereocenters. The fourth-order valence-electron chi connectivity index (χ4n) is 1.53. The first-order chi connectivity index (χ1) is 9.25. The van der Waals surface area contributed by atoms with Gasteiger partial charge < -0.3 is 10.4 Å². The highest BCUT2D eigenvalue weighted by Crippen LogP contribution is 2.13. The second kappa shape index (κ2) is 6.44. The van der Waals surface area contributed by atoms with Gasteiger partial charge in [0.2, 0.25) is 0 Å². The van der Waals surface area contributed by atoms with Crippen LogP contribution in [0.1, 0.15) is 12.8 Å². The van der Waals surface area contributed by atoms with Crippen molar-refractivity contribution < 1.29 is 9.90 Å². The van der Waals surface area contributed by atoms with Crippen LogP contribution in [0.4, 0.5) is 5.82 Å². The molecular weight excluding hydrogens is 244 g/mol. The quantitative estimate of drug-likeness (QED) is 0.768. The number of carbonyl (C=O) groups is 1. The summed E-state index contributed by atoms with van der Waals surface area (Å²) in [5.41, 5.74) is 1.48. The Morgan fingerprint density at radius 2 is 2.05 bits per heavy atom. The molecule has 0 bridgehead atoms. The highest BCUT2D eigenvalue weighted by atomic mass is 16.4. The molecule has 6 heteroatoms. The lowest BCUT2D eigenvalue weighted by molar-refractivity contribution is -0.137. The molecule has 2 aromatic rings. The first-order valence-electron chi connectivity index (χ1n) is 5.96. The van der Waals surface area contributed by atoms with Crippen LogP contribution in [0.15, 0.2) is 36.5 Å².